The second kappa shape index (κ2) is 14.4. The average Bonchev–Trinajstić information content (AvgIpc) is 2.70. The second-order valence-corrected chi connectivity index (χ2v) is 7.31. The first kappa shape index (κ1) is 28.4. The summed E-state index contributed by atoms with van der Waals surface area (Å²) in [5.41, 5.74) is 0.736. The molecule has 0 aliphatic carbocycles. The van der Waals surface area contributed by atoms with Crippen LogP contribution in [0.1, 0.15) is 18.4 Å². The number of carbonyl (C=O) groups is 1. The first-order chi connectivity index (χ1) is 12.7. The molecule has 0 bridgehead atoms. The van der Waals surface area contributed by atoms with Gasteiger partial charge in [0, 0.05) is 52.9 Å². The minimum atomic E-state index is -0.639. The first-order valence-electron chi connectivity index (χ1n) is 9.75. The monoisotopic (exact) mass is 468 g/mol. The van der Waals surface area contributed by atoms with E-state index in [9.17, 15) is 4.79 Å². The van der Waals surface area contributed by atoms with E-state index in [1.165, 1.54) is 5.56 Å². The summed E-state index contributed by atoms with van der Waals surface area (Å²) < 4.78 is 5.58. The standard InChI is InChI=1S/C20H32N4O2.3ClH/c1-26-20(7-9-21-10-8-20)19(25)22-11-12-23-13-15-24(16-14-23)17-18-5-3-2-4-6-18;;;/h2-6,21H,7-17H2,1H3,(H,22,25);3*1H. The highest BCUT2D eigenvalue weighted by atomic mass is 35.5. The summed E-state index contributed by atoms with van der Waals surface area (Å²) in [7, 11) is 1.65. The number of halogens is 3. The highest BCUT2D eigenvalue weighted by Gasteiger charge is 2.39. The van der Waals surface area contributed by atoms with Gasteiger partial charge in [-0.15, -0.1) is 37.2 Å². The highest BCUT2D eigenvalue weighted by molar-refractivity contribution is 5.86. The summed E-state index contributed by atoms with van der Waals surface area (Å²) in [6.07, 6.45) is 1.49. The Hall–Kier alpha value is -0.600. The molecular formula is C20H35Cl3N4O2. The number of piperidine rings is 1. The van der Waals surface area contributed by atoms with Crippen molar-refractivity contribution in [2.75, 3.05) is 59.5 Å². The lowest BCUT2D eigenvalue weighted by atomic mass is 9.91. The maximum atomic E-state index is 12.6. The van der Waals surface area contributed by atoms with Crippen molar-refractivity contribution in [3.05, 3.63) is 35.9 Å². The zero-order valence-corrected chi connectivity index (χ0v) is 19.6. The fraction of sp³-hybridized carbons (Fsp3) is 0.650. The molecule has 2 saturated heterocycles. The number of hydrogen-bond acceptors (Lipinski definition) is 5. The Morgan fingerprint density at radius 1 is 1.03 bits per heavy atom. The molecule has 6 nitrogen and oxygen atoms in total. The van der Waals surface area contributed by atoms with Gasteiger partial charge >= 0.3 is 0 Å². The number of amides is 1. The maximum absolute atomic E-state index is 12.6. The largest absolute Gasteiger partial charge is 0.368 e. The zero-order valence-electron chi connectivity index (χ0n) is 17.1. The van der Waals surface area contributed by atoms with Crippen molar-refractivity contribution < 1.29 is 9.53 Å². The molecule has 2 heterocycles. The van der Waals surface area contributed by atoms with Crippen LogP contribution >= 0.6 is 37.2 Å². The molecule has 1 aromatic carbocycles. The van der Waals surface area contributed by atoms with Gasteiger partial charge in [0.1, 0.15) is 5.60 Å². The zero-order chi connectivity index (χ0) is 18.2. The average molecular weight is 470 g/mol. The molecule has 0 saturated carbocycles. The normalized spacial score (nSPS) is 19.2. The second-order valence-electron chi connectivity index (χ2n) is 7.31. The van der Waals surface area contributed by atoms with Gasteiger partial charge in [0.25, 0.3) is 5.91 Å². The fourth-order valence-electron chi connectivity index (χ4n) is 3.86. The van der Waals surface area contributed by atoms with E-state index in [4.69, 9.17) is 4.74 Å². The lowest BCUT2D eigenvalue weighted by Crippen LogP contribution is -2.55. The molecule has 29 heavy (non-hydrogen) atoms. The van der Waals surface area contributed by atoms with Crippen LogP contribution in [0.5, 0.6) is 0 Å². The quantitative estimate of drug-likeness (QED) is 0.639. The molecule has 2 aliphatic rings. The van der Waals surface area contributed by atoms with Gasteiger partial charge in [-0.3, -0.25) is 14.6 Å². The Morgan fingerprint density at radius 3 is 2.21 bits per heavy atom. The Labute approximate surface area is 193 Å². The third-order valence-corrected chi connectivity index (χ3v) is 5.64. The van der Waals surface area contributed by atoms with Crippen molar-refractivity contribution in [2.45, 2.75) is 25.0 Å². The van der Waals surface area contributed by atoms with E-state index in [0.29, 0.717) is 6.54 Å². The number of nitrogens with one attached hydrogen (secondary N) is 2. The minimum Gasteiger partial charge on any atom is -0.368 e. The first-order valence-corrected chi connectivity index (χ1v) is 9.75. The summed E-state index contributed by atoms with van der Waals surface area (Å²) >= 11 is 0. The van der Waals surface area contributed by atoms with E-state index in [1.54, 1.807) is 7.11 Å². The van der Waals surface area contributed by atoms with Crippen LogP contribution in [0.2, 0.25) is 0 Å². The van der Waals surface area contributed by atoms with Gasteiger partial charge in [0.05, 0.1) is 0 Å². The van der Waals surface area contributed by atoms with E-state index < -0.39 is 5.60 Å². The van der Waals surface area contributed by atoms with Gasteiger partial charge in [0.15, 0.2) is 0 Å². The number of carbonyl (C=O) groups excluding carboxylic acids is 1. The van der Waals surface area contributed by atoms with Crippen LogP contribution < -0.4 is 10.6 Å². The Morgan fingerprint density at radius 2 is 1.62 bits per heavy atom. The van der Waals surface area contributed by atoms with Crippen molar-refractivity contribution >= 4 is 43.1 Å². The smallest absolute Gasteiger partial charge is 0.252 e. The van der Waals surface area contributed by atoms with Gasteiger partial charge in [-0.05, 0) is 31.5 Å². The predicted octanol–water partition coefficient (Wildman–Crippen LogP) is 1.95. The number of benzene rings is 1. The van der Waals surface area contributed by atoms with Crippen molar-refractivity contribution in [2.24, 2.45) is 0 Å². The maximum Gasteiger partial charge on any atom is 0.252 e. The molecular weight excluding hydrogens is 435 g/mol. The van der Waals surface area contributed by atoms with E-state index in [0.717, 1.165) is 65.2 Å². The van der Waals surface area contributed by atoms with Gasteiger partial charge in [-0.2, -0.15) is 0 Å². The Kier molecular flexibility index (Phi) is 14.1. The third kappa shape index (κ3) is 8.21. The van der Waals surface area contributed by atoms with Crippen LogP contribution in [0.4, 0.5) is 0 Å². The van der Waals surface area contributed by atoms with Gasteiger partial charge < -0.3 is 15.4 Å². The number of nitrogens with zero attached hydrogens (tertiary/aromatic N) is 2. The lowest BCUT2D eigenvalue weighted by molar-refractivity contribution is -0.146. The van der Waals surface area contributed by atoms with Crippen molar-refractivity contribution in [3.63, 3.8) is 0 Å². The SMILES string of the molecule is COC1(C(=O)NCCN2CCN(Cc3ccccc3)CC2)CCNCC1.Cl.Cl.Cl. The van der Waals surface area contributed by atoms with Crippen LogP contribution in [0.3, 0.4) is 0 Å². The molecule has 2 fully saturated rings. The van der Waals surface area contributed by atoms with Gasteiger partial charge in [-0.25, -0.2) is 0 Å². The summed E-state index contributed by atoms with van der Waals surface area (Å²) in [4.78, 5) is 17.5. The molecule has 2 aliphatic heterocycles. The topological polar surface area (TPSA) is 56.8 Å². The number of piperazine rings is 1. The van der Waals surface area contributed by atoms with Crippen LogP contribution in [0, 0.1) is 0 Å². The molecule has 0 unspecified atom stereocenters. The molecule has 3 rings (SSSR count). The molecule has 0 radical (unpaired) electrons. The van der Waals surface area contributed by atoms with Crippen molar-refractivity contribution in [1.82, 2.24) is 20.4 Å². The number of methoxy groups -OCH3 is 1. The molecule has 0 spiro atoms. The van der Waals surface area contributed by atoms with Gasteiger partial charge in [-0.1, -0.05) is 30.3 Å². The summed E-state index contributed by atoms with van der Waals surface area (Å²) in [6, 6.07) is 10.6. The molecule has 2 N–H and O–H groups in total. The molecule has 0 atom stereocenters. The number of hydrogen-bond donors (Lipinski definition) is 2. The highest BCUT2D eigenvalue weighted by Crippen LogP contribution is 2.22. The summed E-state index contributed by atoms with van der Waals surface area (Å²) in [5, 5.41) is 6.38. The molecule has 9 heteroatoms. The summed E-state index contributed by atoms with van der Waals surface area (Å²) in [5.74, 6) is 0.0456. The van der Waals surface area contributed by atoms with Crippen molar-refractivity contribution in [1.29, 1.82) is 0 Å². The number of rotatable bonds is 7. The lowest BCUT2D eigenvalue weighted by Gasteiger charge is -2.36. The van der Waals surface area contributed by atoms with Crippen LogP contribution in [-0.4, -0.2) is 80.8 Å². The minimum absolute atomic E-state index is 0. The Bertz CT molecular complexity index is 566. The van der Waals surface area contributed by atoms with E-state index >= 15 is 0 Å². The fourth-order valence-corrected chi connectivity index (χ4v) is 3.86. The van der Waals surface area contributed by atoms with E-state index in [1.807, 2.05) is 0 Å². The predicted molar refractivity (Wildman–Crippen MR) is 125 cm³/mol. The number of ether oxygens (including phenoxy) is 1. The Balaban J connectivity index is 0.00000261. The summed E-state index contributed by atoms with van der Waals surface area (Å²) in [6.45, 7) is 8.57. The van der Waals surface area contributed by atoms with Crippen molar-refractivity contribution in [3.8, 4) is 0 Å². The molecule has 168 valence electrons. The van der Waals surface area contributed by atoms with Crippen LogP contribution in [0.25, 0.3) is 0 Å². The van der Waals surface area contributed by atoms with E-state index in [-0.39, 0.29) is 43.1 Å². The molecule has 1 aromatic rings. The van der Waals surface area contributed by atoms with Crippen LogP contribution in [0.15, 0.2) is 30.3 Å². The van der Waals surface area contributed by atoms with Crippen LogP contribution in [-0.2, 0) is 16.1 Å². The molecule has 0 aromatic heterocycles. The van der Waals surface area contributed by atoms with E-state index in [2.05, 4.69) is 50.8 Å². The third-order valence-electron chi connectivity index (χ3n) is 5.64. The van der Waals surface area contributed by atoms with Gasteiger partial charge in [0.2, 0.25) is 0 Å². The molecule has 1 amide bonds.